The quantitative estimate of drug-likeness (QED) is 0.568. The van der Waals surface area contributed by atoms with Gasteiger partial charge in [-0.2, -0.15) is 13.2 Å². The summed E-state index contributed by atoms with van der Waals surface area (Å²) in [5.74, 6) is 0. The monoisotopic (exact) mass is 320 g/mol. The first kappa shape index (κ1) is 17.7. The predicted molar refractivity (Wildman–Crippen MR) is 81.5 cm³/mol. The summed E-state index contributed by atoms with van der Waals surface area (Å²) in [5.41, 5.74) is 5.44. The van der Waals surface area contributed by atoms with E-state index in [4.69, 9.17) is 22.7 Å². The molecule has 0 fully saturated rings. The summed E-state index contributed by atoms with van der Waals surface area (Å²) in [6.07, 6.45) is -2.71. The number of nitrogens with one attached hydrogen (secondary N) is 1. The lowest BCUT2D eigenvalue weighted by Crippen LogP contribution is -2.16. The van der Waals surface area contributed by atoms with E-state index in [1.54, 1.807) is 0 Å². The van der Waals surface area contributed by atoms with Gasteiger partial charge >= 0.3 is 6.18 Å². The summed E-state index contributed by atoms with van der Waals surface area (Å²) in [4.78, 5) is -0.0640. The Morgan fingerprint density at radius 1 is 1.33 bits per heavy atom. The molecule has 0 saturated carbocycles. The van der Waals surface area contributed by atoms with Gasteiger partial charge in [-0.1, -0.05) is 19.1 Å². The first-order valence-corrected chi connectivity index (χ1v) is 7.09. The Morgan fingerprint density at radius 3 is 2.62 bits per heavy atom. The highest BCUT2D eigenvalue weighted by atomic mass is 32.1. The maximum absolute atomic E-state index is 12.7. The van der Waals surface area contributed by atoms with E-state index in [1.165, 1.54) is 6.07 Å². The number of thiocarbonyl (C=S) groups is 1. The van der Waals surface area contributed by atoms with E-state index in [9.17, 15) is 13.2 Å². The number of alkyl halides is 3. The van der Waals surface area contributed by atoms with E-state index in [0.29, 0.717) is 25.4 Å². The van der Waals surface area contributed by atoms with Crippen molar-refractivity contribution < 1.29 is 17.9 Å². The fourth-order valence-electron chi connectivity index (χ4n) is 1.72. The van der Waals surface area contributed by atoms with Gasteiger partial charge in [0, 0.05) is 31.0 Å². The molecular weight excluding hydrogens is 301 g/mol. The molecule has 0 aliphatic rings. The average molecular weight is 320 g/mol. The van der Waals surface area contributed by atoms with E-state index in [1.807, 2.05) is 6.92 Å². The number of nitrogens with two attached hydrogens (primary N) is 1. The molecule has 7 heteroatoms. The number of hydrogen-bond acceptors (Lipinski definition) is 3. The van der Waals surface area contributed by atoms with Crippen LogP contribution in [0.2, 0.25) is 0 Å². The minimum Gasteiger partial charge on any atom is -0.389 e. The number of anilines is 1. The van der Waals surface area contributed by atoms with Crippen LogP contribution < -0.4 is 11.1 Å². The molecular formula is C14H19F3N2OS. The van der Waals surface area contributed by atoms with E-state index in [2.05, 4.69) is 5.32 Å². The van der Waals surface area contributed by atoms with Gasteiger partial charge in [0.1, 0.15) is 4.99 Å². The highest BCUT2D eigenvalue weighted by Crippen LogP contribution is 2.31. The second-order valence-corrected chi connectivity index (χ2v) is 4.95. The third kappa shape index (κ3) is 5.89. The topological polar surface area (TPSA) is 47.3 Å². The molecule has 1 aromatic rings. The maximum atomic E-state index is 12.7. The van der Waals surface area contributed by atoms with Crippen LogP contribution in [-0.2, 0) is 10.9 Å². The van der Waals surface area contributed by atoms with Gasteiger partial charge in [-0.15, -0.1) is 0 Å². The van der Waals surface area contributed by atoms with Crippen LogP contribution in [0.5, 0.6) is 0 Å². The smallest absolute Gasteiger partial charge is 0.389 e. The third-order valence-electron chi connectivity index (χ3n) is 2.74. The summed E-state index contributed by atoms with van der Waals surface area (Å²) < 4.78 is 43.3. The summed E-state index contributed by atoms with van der Waals surface area (Å²) >= 11 is 4.81. The van der Waals surface area contributed by atoms with Crippen molar-refractivity contribution in [2.24, 2.45) is 5.73 Å². The molecule has 0 heterocycles. The van der Waals surface area contributed by atoms with Crippen LogP contribution in [0.25, 0.3) is 0 Å². The Balaban J connectivity index is 2.67. The minimum atomic E-state index is -4.41. The normalized spacial score (nSPS) is 11.4. The first-order valence-electron chi connectivity index (χ1n) is 6.69. The number of rotatable bonds is 8. The molecule has 0 spiro atoms. The molecule has 1 aromatic carbocycles. The molecule has 0 saturated heterocycles. The van der Waals surface area contributed by atoms with Crippen molar-refractivity contribution in [3.8, 4) is 0 Å². The molecule has 21 heavy (non-hydrogen) atoms. The molecule has 0 bridgehead atoms. The zero-order chi connectivity index (χ0) is 15.9. The van der Waals surface area contributed by atoms with Gasteiger partial charge in [-0.25, -0.2) is 0 Å². The van der Waals surface area contributed by atoms with Crippen LogP contribution in [-0.4, -0.2) is 24.7 Å². The Labute approximate surface area is 127 Å². The average Bonchev–Trinajstić information content (AvgIpc) is 2.41. The molecule has 1 rings (SSSR count). The largest absolute Gasteiger partial charge is 0.416 e. The summed E-state index contributed by atoms with van der Waals surface area (Å²) in [7, 11) is 0. The molecule has 118 valence electrons. The fourth-order valence-corrected chi connectivity index (χ4v) is 1.89. The maximum Gasteiger partial charge on any atom is 0.416 e. The van der Waals surface area contributed by atoms with Crippen molar-refractivity contribution in [3.63, 3.8) is 0 Å². The first-order chi connectivity index (χ1) is 9.86. The van der Waals surface area contributed by atoms with Crippen molar-refractivity contribution in [2.75, 3.05) is 25.1 Å². The van der Waals surface area contributed by atoms with E-state index in [0.717, 1.165) is 25.0 Å². The van der Waals surface area contributed by atoms with Crippen molar-refractivity contribution in [3.05, 3.63) is 29.3 Å². The Hall–Kier alpha value is -1.34. The molecule has 0 aliphatic carbocycles. The summed E-state index contributed by atoms with van der Waals surface area (Å²) in [5, 5.41) is 3.04. The lowest BCUT2D eigenvalue weighted by atomic mass is 10.1. The molecule has 3 nitrogen and oxygen atoms in total. The Kier molecular flexibility index (Phi) is 6.91. The third-order valence-corrected chi connectivity index (χ3v) is 2.96. The van der Waals surface area contributed by atoms with E-state index in [-0.39, 0.29) is 10.6 Å². The molecule has 0 atom stereocenters. The van der Waals surface area contributed by atoms with Crippen LogP contribution in [0, 0.1) is 0 Å². The van der Waals surface area contributed by atoms with Crippen LogP contribution >= 0.6 is 12.2 Å². The summed E-state index contributed by atoms with van der Waals surface area (Å²) in [6, 6.07) is 3.33. The van der Waals surface area contributed by atoms with Crippen molar-refractivity contribution in [1.82, 2.24) is 0 Å². The van der Waals surface area contributed by atoms with Gasteiger partial charge in [0.05, 0.1) is 5.56 Å². The van der Waals surface area contributed by atoms with E-state index >= 15 is 0 Å². The number of hydrogen-bond donors (Lipinski definition) is 2. The lowest BCUT2D eigenvalue weighted by Gasteiger charge is -2.14. The number of ether oxygens (including phenoxy) is 1. The number of benzene rings is 1. The SMILES string of the molecule is CCCOCCCNc1ccc(C(F)(F)F)cc1C(N)=S. The molecule has 0 aromatic heterocycles. The van der Waals surface area contributed by atoms with Crippen molar-refractivity contribution >= 4 is 22.9 Å². The standard InChI is InChI=1S/C14H19F3N2OS/c1-2-7-20-8-3-6-19-12-5-4-10(14(15,16)17)9-11(12)13(18)21/h4-5,9,19H,2-3,6-8H2,1H3,(H2,18,21). The summed E-state index contributed by atoms with van der Waals surface area (Å²) in [6.45, 7) is 3.90. The number of halogens is 3. The predicted octanol–water partition coefficient (Wildman–Crippen LogP) is 3.57. The molecule has 0 unspecified atom stereocenters. The zero-order valence-electron chi connectivity index (χ0n) is 11.8. The minimum absolute atomic E-state index is 0.0640. The molecule has 3 N–H and O–H groups in total. The zero-order valence-corrected chi connectivity index (χ0v) is 12.6. The van der Waals surface area contributed by atoms with Gasteiger partial charge in [-0.3, -0.25) is 0 Å². The van der Waals surface area contributed by atoms with Crippen LogP contribution in [0.15, 0.2) is 18.2 Å². The molecule has 0 amide bonds. The van der Waals surface area contributed by atoms with Gasteiger partial charge in [-0.05, 0) is 31.0 Å². The van der Waals surface area contributed by atoms with Crippen LogP contribution in [0.4, 0.5) is 18.9 Å². The highest BCUT2D eigenvalue weighted by molar-refractivity contribution is 7.80. The second-order valence-electron chi connectivity index (χ2n) is 4.52. The van der Waals surface area contributed by atoms with Gasteiger partial charge in [0.15, 0.2) is 0 Å². The fraction of sp³-hybridized carbons (Fsp3) is 0.500. The van der Waals surface area contributed by atoms with Crippen molar-refractivity contribution in [2.45, 2.75) is 25.9 Å². The second kappa shape index (κ2) is 8.19. The highest BCUT2D eigenvalue weighted by Gasteiger charge is 2.31. The van der Waals surface area contributed by atoms with E-state index < -0.39 is 11.7 Å². The van der Waals surface area contributed by atoms with Gasteiger partial charge in [0.25, 0.3) is 0 Å². The van der Waals surface area contributed by atoms with Crippen molar-refractivity contribution in [1.29, 1.82) is 0 Å². The lowest BCUT2D eigenvalue weighted by molar-refractivity contribution is -0.137. The Morgan fingerprint density at radius 2 is 2.05 bits per heavy atom. The molecule has 0 radical (unpaired) electrons. The van der Waals surface area contributed by atoms with Gasteiger partial charge < -0.3 is 15.8 Å². The van der Waals surface area contributed by atoms with Gasteiger partial charge in [0.2, 0.25) is 0 Å². The van der Waals surface area contributed by atoms with Crippen LogP contribution in [0.1, 0.15) is 30.9 Å². The molecule has 0 aliphatic heterocycles. The Bertz CT molecular complexity index is 478. The van der Waals surface area contributed by atoms with Crippen LogP contribution in [0.3, 0.4) is 0 Å².